The second-order valence-electron chi connectivity index (χ2n) is 4.51. The number of aromatic nitrogens is 4. The first-order valence-corrected chi connectivity index (χ1v) is 6.57. The highest BCUT2D eigenvalue weighted by atomic mass is 79.9. The molecule has 0 radical (unpaired) electrons. The topological polar surface area (TPSA) is 52.7 Å². The molecule has 0 unspecified atom stereocenters. The van der Waals surface area contributed by atoms with E-state index >= 15 is 0 Å². The Hall–Kier alpha value is -1.17. The van der Waals surface area contributed by atoms with Crippen molar-refractivity contribution in [1.82, 2.24) is 19.1 Å². The molecule has 17 heavy (non-hydrogen) atoms. The molecule has 90 valence electrons. The van der Waals surface area contributed by atoms with Gasteiger partial charge in [0.25, 0.3) is 5.56 Å². The summed E-state index contributed by atoms with van der Waals surface area (Å²) < 4.78 is 4.07. The molecule has 0 bridgehead atoms. The van der Waals surface area contributed by atoms with Crippen LogP contribution in [0, 0.1) is 0 Å². The lowest BCUT2D eigenvalue weighted by Crippen LogP contribution is -2.19. The Morgan fingerprint density at radius 2 is 2.12 bits per heavy atom. The molecule has 1 aliphatic rings. The molecule has 1 fully saturated rings. The van der Waals surface area contributed by atoms with Crippen molar-refractivity contribution in [3.8, 4) is 0 Å². The molecule has 0 aliphatic heterocycles. The van der Waals surface area contributed by atoms with E-state index in [9.17, 15) is 4.79 Å². The minimum absolute atomic E-state index is 0.0985. The van der Waals surface area contributed by atoms with Crippen LogP contribution in [0.5, 0.6) is 0 Å². The Morgan fingerprint density at radius 3 is 2.82 bits per heavy atom. The Bertz CT molecular complexity index is 624. The fraction of sp³-hybridized carbons (Fsp3) is 0.545. The third kappa shape index (κ3) is 1.62. The largest absolute Gasteiger partial charge is 0.312 e. The van der Waals surface area contributed by atoms with Crippen LogP contribution < -0.4 is 5.56 Å². The molecule has 1 aliphatic carbocycles. The fourth-order valence-electron chi connectivity index (χ4n) is 2.47. The number of nitrogens with zero attached hydrogens (tertiary/aromatic N) is 4. The molecule has 1 saturated carbocycles. The molecule has 2 aromatic heterocycles. The zero-order valence-corrected chi connectivity index (χ0v) is 11.1. The molecule has 0 N–H and O–H groups in total. The molecule has 3 rings (SSSR count). The van der Waals surface area contributed by atoms with Gasteiger partial charge < -0.3 is 4.57 Å². The zero-order valence-electron chi connectivity index (χ0n) is 9.56. The summed E-state index contributed by atoms with van der Waals surface area (Å²) in [5.41, 5.74) is 1.06. The van der Waals surface area contributed by atoms with Crippen LogP contribution >= 0.6 is 15.9 Å². The van der Waals surface area contributed by atoms with Gasteiger partial charge in [0, 0.05) is 13.1 Å². The molecule has 0 atom stereocenters. The van der Waals surface area contributed by atoms with Gasteiger partial charge in [0.15, 0.2) is 15.9 Å². The Labute approximate surface area is 107 Å². The second-order valence-corrected chi connectivity index (χ2v) is 5.22. The van der Waals surface area contributed by atoms with E-state index in [1.54, 1.807) is 13.4 Å². The van der Waals surface area contributed by atoms with Gasteiger partial charge in [-0.05, 0) is 28.8 Å². The third-order valence-electron chi connectivity index (χ3n) is 3.47. The lowest BCUT2D eigenvalue weighted by atomic mass is 10.2. The number of hydrogen-bond donors (Lipinski definition) is 0. The number of halogens is 1. The number of fused-ring (bicyclic) bond motifs is 1. The van der Waals surface area contributed by atoms with Crippen molar-refractivity contribution in [3.05, 3.63) is 21.4 Å². The Morgan fingerprint density at radius 1 is 1.41 bits per heavy atom. The summed E-state index contributed by atoms with van der Waals surface area (Å²) in [7, 11) is 1.69. The monoisotopic (exact) mass is 296 g/mol. The first-order valence-electron chi connectivity index (χ1n) is 5.77. The summed E-state index contributed by atoms with van der Waals surface area (Å²) in [5.74, 6) is 0. The van der Waals surface area contributed by atoms with Crippen molar-refractivity contribution in [2.75, 3.05) is 0 Å². The van der Waals surface area contributed by atoms with Gasteiger partial charge in [-0.1, -0.05) is 12.8 Å². The van der Waals surface area contributed by atoms with Crippen LogP contribution in [-0.2, 0) is 7.05 Å². The minimum Gasteiger partial charge on any atom is -0.312 e. The van der Waals surface area contributed by atoms with E-state index < -0.39 is 0 Å². The summed E-state index contributed by atoms with van der Waals surface area (Å²) in [6, 6.07) is 0.450. The van der Waals surface area contributed by atoms with Crippen molar-refractivity contribution < 1.29 is 0 Å². The molecule has 5 nitrogen and oxygen atoms in total. The first kappa shape index (κ1) is 11.0. The highest BCUT2D eigenvalue weighted by Crippen LogP contribution is 2.31. The standard InChI is InChI=1S/C11H13BrN4O/c1-15-10(17)8-9(14-11(15)12)16(6-13-8)7-4-2-3-5-7/h6-7H,2-5H2,1H3. The molecule has 0 saturated heterocycles. The van der Waals surface area contributed by atoms with Gasteiger partial charge >= 0.3 is 0 Å². The maximum atomic E-state index is 12.0. The van der Waals surface area contributed by atoms with Gasteiger partial charge in [-0.25, -0.2) is 9.97 Å². The second kappa shape index (κ2) is 3.94. The van der Waals surface area contributed by atoms with E-state index in [-0.39, 0.29) is 5.56 Å². The highest BCUT2D eigenvalue weighted by Gasteiger charge is 2.21. The molecule has 2 heterocycles. The fourth-order valence-corrected chi connectivity index (χ4v) is 2.80. The summed E-state index contributed by atoms with van der Waals surface area (Å²) in [6.45, 7) is 0. The summed E-state index contributed by atoms with van der Waals surface area (Å²) in [4.78, 5) is 20.6. The van der Waals surface area contributed by atoms with Gasteiger partial charge in [0.1, 0.15) is 0 Å². The number of hydrogen-bond acceptors (Lipinski definition) is 3. The predicted octanol–water partition coefficient (Wildman–Crippen LogP) is 2.01. The van der Waals surface area contributed by atoms with E-state index in [1.165, 1.54) is 17.4 Å². The van der Waals surface area contributed by atoms with Crippen molar-refractivity contribution in [2.45, 2.75) is 31.7 Å². The molecule has 0 spiro atoms. The van der Waals surface area contributed by atoms with Crippen LogP contribution in [0.1, 0.15) is 31.7 Å². The lowest BCUT2D eigenvalue weighted by molar-refractivity contribution is 0.528. The van der Waals surface area contributed by atoms with Gasteiger partial charge in [-0.15, -0.1) is 0 Å². The van der Waals surface area contributed by atoms with Crippen LogP contribution in [0.25, 0.3) is 11.2 Å². The SMILES string of the molecule is Cn1c(Br)nc2c(ncn2C2CCCC2)c1=O. The number of rotatable bonds is 1. The maximum absolute atomic E-state index is 12.0. The Kier molecular flexibility index (Phi) is 2.54. The summed E-state index contributed by atoms with van der Waals surface area (Å²) in [6.07, 6.45) is 6.55. The van der Waals surface area contributed by atoms with Crippen molar-refractivity contribution >= 4 is 27.1 Å². The van der Waals surface area contributed by atoms with E-state index in [0.717, 1.165) is 12.8 Å². The van der Waals surface area contributed by atoms with Crippen molar-refractivity contribution in [1.29, 1.82) is 0 Å². The van der Waals surface area contributed by atoms with Gasteiger partial charge in [0.2, 0.25) is 0 Å². The quantitative estimate of drug-likeness (QED) is 0.757. The third-order valence-corrected chi connectivity index (χ3v) is 4.18. The summed E-state index contributed by atoms with van der Waals surface area (Å²) in [5, 5.41) is 0. The zero-order chi connectivity index (χ0) is 12.0. The maximum Gasteiger partial charge on any atom is 0.282 e. The first-order chi connectivity index (χ1) is 8.18. The van der Waals surface area contributed by atoms with Crippen LogP contribution in [0.2, 0.25) is 0 Å². The van der Waals surface area contributed by atoms with Crippen LogP contribution in [0.4, 0.5) is 0 Å². The van der Waals surface area contributed by atoms with E-state index in [0.29, 0.717) is 21.9 Å². The van der Waals surface area contributed by atoms with Gasteiger partial charge in [-0.2, -0.15) is 0 Å². The van der Waals surface area contributed by atoms with E-state index in [1.807, 2.05) is 0 Å². The van der Waals surface area contributed by atoms with Crippen LogP contribution in [0.15, 0.2) is 15.9 Å². The normalized spacial score (nSPS) is 17.1. The van der Waals surface area contributed by atoms with Crippen LogP contribution in [0.3, 0.4) is 0 Å². The van der Waals surface area contributed by atoms with Crippen molar-refractivity contribution in [3.63, 3.8) is 0 Å². The van der Waals surface area contributed by atoms with E-state index in [2.05, 4.69) is 30.5 Å². The average Bonchev–Trinajstić information content (AvgIpc) is 2.93. The summed E-state index contributed by atoms with van der Waals surface area (Å²) >= 11 is 3.31. The molecular weight excluding hydrogens is 284 g/mol. The molecule has 0 aromatic carbocycles. The lowest BCUT2D eigenvalue weighted by Gasteiger charge is -2.11. The highest BCUT2D eigenvalue weighted by molar-refractivity contribution is 9.10. The molecule has 0 amide bonds. The number of imidazole rings is 1. The van der Waals surface area contributed by atoms with E-state index in [4.69, 9.17) is 0 Å². The molecular formula is C11H13BrN4O. The molecule has 2 aromatic rings. The predicted molar refractivity (Wildman–Crippen MR) is 68.0 cm³/mol. The Balaban J connectivity index is 2.25. The van der Waals surface area contributed by atoms with Crippen LogP contribution in [-0.4, -0.2) is 19.1 Å². The van der Waals surface area contributed by atoms with Gasteiger partial charge in [0.05, 0.1) is 6.33 Å². The minimum atomic E-state index is -0.0985. The van der Waals surface area contributed by atoms with Crippen molar-refractivity contribution in [2.24, 2.45) is 7.05 Å². The van der Waals surface area contributed by atoms with Gasteiger partial charge in [-0.3, -0.25) is 9.36 Å². The molecule has 6 heteroatoms. The smallest absolute Gasteiger partial charge is 0.282 e. The average molecular weight is 297 g/mol.